The van der Waals surface area contributed by atoms with Crippen molar-refractivity contribution >= 4 is 29.0 Å². The molecule has 8 heteroatoms. The zero-order valence-electron chi connectivity index (χ0n) is 17.7. The van der Waals surface area contributed by atoms with Crippen LogP contribution in [0.15, 0.2) is 55.0 Å². The number of pyridine rings is 1. The van der Waals surface area contributed by atoms with Gasteiger partial charge in [-0.25, -0.2) is 14.8 Å². The van der Waals surface area contributed by atoms with Crippen LogP contribution in [-0.4, -0.2) is 54.2 Å². The molecule has 3 aromatic rings. The molecule has 0 spiro atoms. The van der Waals surface area contributed by atoms with E-state index < -0.39 is 0 Å². The number of anilines is 4. The maximum Gasteiger partial charge on any atom is 0.329 e. The third kappa shape index (κ3) is 3.65. The van der Waals surface area contributed by atoms with Gasteiger partial charge in [-0.1, -0.05) is 12.1 Å². The van der Waals surface area contributed by atoms with Gasteiger partial charge in [0.15, 0.2) is 11.6 Å². The molecule has 0 unspecified atom stereocenters. The maximum absolute atomic E-state index is 13.3. The number of fused-ring (bicyclic) bond motifs is 4. The summed E-state index contributed by atoms with van der Waals surface area (Å²) in [6.45, 7) is 1.80. The number of urea groups is 1. The van der Waals surface area contributed by atoms with E-state index in [1.165, 1.54) is 0 Å². The van der Waals surface area contributed by atoms with Crippen LogP contribution in [0.2, 0.25) is 0 Å². The SMILES string of the molecule is CN(C)c1cccc(-c2ccc3c(n2)N(C(=O)Nc2cnccn2)[C@H]2CCCN3C2)c1. The first kappa shape index (κ1) is 19.3. The quantitative estimate of drug-likeness (QED) is 0.704. The molecule has 0 saturated carbocycles. The van der Waals surface area contributed by atoms with Crippen LogP contribution in [0, 0.1) is 0 Å². The van der Waals surface area contributed by atoms with Crippen molar-refractivity contribution in [3.63, 3.8) is 0 Å². The van der Waals surface area contributed by atoms with Gasteiger partial charge in [-0.15, -0.1) is 0 Å². The summed E-state index contributed by atoms with van der Waals surface area (Å²) in [5.74, 6) is 1.13. The topological polar surface area (TPSA) is 77.5 Å². The number of aromatic nitrogens is 3. The van der Waals surface area contributed by atoms with E-state index in [0.29, 0.717) is 11.6 Å². The average molecular weight is 416 g/mol. The van der Waals surface area contributed by atoms with Crippen molar-refractivity contribution in [3.05, 3.63) is 55.0 Å². The predicted octanol–water partition coefficient (Wildman–Crippen LogP) is 3.63. The van der Waals surface area contributed by atoms with Crippen LogP contribution < -0.4 is 20.0 Å². The van der Waals surface area contributed by atoms with Gasteiger partial charge in [0.25, 0.3) is 0 Å². The van der Waals surface area contributed by atoms with Crippen LogP contribution in [0.25, 0.3) is 11.3 Å². The van der Waals surface area contributed by atoms with E-state index in [4.69, 9.17) is 4.98 Å². The Hall–Kier alpha value is -3.68. The molecule has 1 aromatic carbocycles. The van der Waals surface area contributed by atoms with Gasteiger partial charge in [0, 0.05) is 50.8 Å². The fraction of sp³-hybridized carbons (Fsp3) is 0.304. The summed E-state index contributed by atoms with van der Waals surface area (Å²) in [7, 11) is 4.04. The third-order valence-corrected chi connectivity index (χ3v) is 5.86. The molecular formula is C23H25N7O. The van der Waals surface area contributed by atoms with Crippen molar-refractivity contribution in [1.82, 2.24) is 15.0 Å². The number of hydrogen-bond acceptors (Lipinski definition) is 6. The van der Waals surface area contributed by atoms with E-state index in [9.17, 15) is 4.79 Å². The molecule has 1 atom stereocenters. The van der Waals surface area contributed by atoms with Crippen molar-refractivity contribution in [2.45, 2.75) is 18.9 Å². The van der Waals surface area contributed by atoms with Crippen LogP contribution in [0.3, 0.4) is 0 Å². The van der Waals surface area contributed by atoms with E-state index in [1.807, 2.05) is 26.2 Å². The number of carbonyl (C=O) groups excluding carboxylic acids is 1. The van der Waals surface area contributed by atoms with Crippen LogP contribution in [0.1, 0.15) is 12.8 Å². The highest BCUT2D eigenvalue weighted by Gasteiger charge is 2.38. The lowest BCUT2D eigenvalue weighted by Crippen LogP contribution is -2.56. The highest BCUT2D eigenvalue weighted by Crippen LogP contribution is 2.39. The van der Waals surface area contributed by atoms with Crippen molar-refractivity contribution in [3.8, 4) is 11.3 Å². The highest BCUT2D eigenvalue weighted by atomic mass is 16.2. The fourth-order valence-electron chi connectivity index (χ4n) is 4.32. The van der Waals surface area contributed by atoms with Crippen LogP contribution in [0.4, 0.5) is 27.8 Å². The van der Waals surface area contributed by atoms with Crippen LogP contribution in [-0.2, 0) is 0 Å². The van der Waals surface area contributed by atoms with Gasteiger partial charge >= 0.3 is 6.03 Å². The normalized spacial score (nSPS) is 17.2. The molecule has 1 fully saturated rings. The van der Waals surface area contributed by atoms with Gasteiger partial charge < -0.3 is 9.80 Å². The Balaban J connectivity index is 1.55. The van der Waals surface area contributed by atoms with Crippen molar-refractivity contribution < 1.29 is 4.79 Å². The second-order valence-corrected chi connectivity index (χ2v) is 8.12. The summed E-state index contributed by atoms with van der Waals surface area (Å²) in [5.41, 5.74) is 3.97. The van der Waals surface area contributed by atoms with E-state index in [1.54, 1.807) is 23.5 Å². The number of benzene rings is 1. The Morgan fingerprint density at radius 2 is 2.10 bits per heavy atom. The second kappa shape index (κ2) is 7.86. The van der Waals surface area contributed by atoms with E-state index >= 15 is 0 Å². The molecule has 0 aliphatic carbocycles. The molecule has 5 rings (SSSR count). The summed E-state index contributed by atoms with van der Waals surface area (Å²) >= 11 is 0. The number of nitrogens with one attached hydrogen (secondary N) is 1. The first-order valence-corrected chi connectivity index (χ1v) is 10.5. The lowest BCUT2D eigenvalue weighted by atomic mass is 9.99. The van der Waals surface area contributed by atoms with Crippen molar-refractivity contribution in [2.24, 2.45) is 0 Å². The fourth-order valence-corrected chi connectivity index (χ4v) is 4.32. The van der Waals surface area contributed by atoms with Crippen molar-refractivity contribution in [2.75, 3.05) is 47.2 Å². The van der Waals surface area contributed by atoms with Gasteiger partial charge in [0.1, 0.15) is 0 Å². The number of hydrogen-bond donors (Lipinski definition) is 1. The lowest BCUT2D eigenvalue weighted by molar-refractivity contribution is 0.252. The molecule has 2 aliphatic heterocycles. The molecule has 8 nitrogen and oxygen atoms in total. The summed E-state index contributed by atoms with van der Waals surface area (Å²) in [6.07, 6.45) is 6.70. The molecule has 1 N–H and O–H groups in total. The minimum Gasteiger partial charge on any atom is -0.378 e. The van der Waals surface area contributed by atoms with E-state index in [-0.39, 0.29) is 12.1 Å². The minimum absolute atomic E-state index is 0.0776. The number of amides is 2. The van der Waals surface area contributed by atoms with Gasteiger partial charge in [-0.05, 0) is 37.1 Å². The number of carbonyl (C=O) groups is 1. The van der Waals surface area contributed by atoms with E-state index in [0.717, 1.165) is 48.6 Å². The number of rotatable bonds is 3. The molecule has 0 radical (unpaired) electrons. The summed E-state index contributed by atoms with van der Waals surface area (Å²) in [4.78, 5) is 32.7. The first-order valence-electron chi connectivity index (χ1n) is 10.5. The Bertz CT molecular complexity index is 1100. The molecule has 4 heterocycles. The number of piperidine rings is 1. The Labute approximate surface area is 181 Å². The lowest BCUT2D eigenvalue weighted by Gasteiger charge is -2.45. The molecule has 2 bridgehead atoms. The Kier molecular flexibility index (Phi) is 4.89. The van der Waals surface area contributed by atoms with Gasteiger partial charge in [-0.3, -0.25) is 15.2 Å². The highest BCUT2D eigenvalue weighted by molar-refractivity contribution is 6.04. The molecule has 2 aromatic heterocycles. The Morgan fingerprint density at radius 3 is 2.90 bits per heavy atom. The molecule has 158 valence electrons. The van der Waals surface area contributed by atoms with Crippen molar-refractivity contribution in [1.29, 1.82) is 0 Å². The molecule has 2 aliphatic rings. The van der Waals surface area contributed by atoms with Crippen LogP contribution in [0.5, 0.6) is 0 Å². The maximum atomic E-state index is 13.3. The molecular weight excluding hydrogens is 390 g/mol. The third-order valence-electron chi connectivity index (χ3n) is 5.86. The largest absolute Gasteiger partial charge is 0.378 e. The zero-order chi connectivity index (χ0) is 21.4. The summed E-state index contributed by atoms with van der Waals surface area (Å²) < 4.78 is 0. The van der Waals surface area contributed by atoms with Crippen LogP contribution >= 0.6 is 0 Å². The Morgan fingerprint density at radius 1 is 1.19 bits per heavy atom. The van der Waals surface area contributed by atoms with Gasteiger partial charge in [-0.2, -0.15) is 0 Å². The molecule has 2 amide bonds. The standard InChI is InChI=1S/C23H25N7O/c1-28(2)17-6-3-5-16(13-17)19-8-9-20-22(26-19)30(18-7-4-12-29(20)15-18)23(31)27-21-14-24-10-11-25-21/h3,5-6,8-11,13-14,18H,4,7,12,15H2,1-2H3,(H,25,27,31)/t18-/m0/s1. The smallest absolute Gasteiger partial charge is 0.329 e. The predicted molar refractivity (Wildman–Crippen MR) is 123 cm³/mol. The summed E-state index contributed by atoms with van der Waals surface area (Å²) in [5, 5.41) is 2.89. The van der Waals surface area contributed by atoms with Gasteiger partial charge in [0.2, 0.25) is 0 Å². The van der Waals surface area contributed by atoms with E-state index in [2.05, 4.69) is 49.4 Å². The zero-order valence-corrected chi connectivity index (χ0v) is 17.7. The molecule has 31 heavy (non-hydrogen) atoms. The van der Waals surface area contributed by atoms with Gasteiger partial charge in [0.05, 0.1) is 23.6 Å². The molecule has 1 saturated heterocycles. The summed E-state index contributed by atoms with van der Waals surface area (Å²) in [6, 6.07) is 12.2. The first-order chi connectivity index (χ1) is 15.1. The average Bonchev–Trinajstić information content (AvgIpc) is 2.80. The minimum atomic E-state index is -0.222. The number of nitrogens with zero attached hydrogens (tertiary/aromatic N) is 6. The monoisotopic (exact) mass is 415 g/mol. The second-order valence-electron chi connectivity index (χ2n) is 8.12.